The Hall–Kier alpha value is -2.37. The average Bonchev–Trinajstić information content (AvgIpc) is 2.34. The van der Waals surface area contributed by atoms with Gasteiger partial charge in [-0.15, -0.1) is 0 Å². The smallest absolute Gasteiger partial charge is 0.246 e. The monoisotopic (exact) mass is 264 g/mol. The molecule has 1 aromatic rings. The predicted molar refractivity (Wildman–Crippen MR) is 74.3 cm³/mol. The van der Waals surface area contributed by atoms with Crippen LogP contribution in [0.15, 0.2) is 41.4 Å². The molecule has 102 valence electrons. The molecule has 0 atom stereocenters. The van der Waals surface area contributed by atoms with Crippen molar-refractivity contribution in [3.63, 3.8) is 0 Å². The number of amides is 1. The molecule has 0 radical (unpaired) electrons. The van der Waals surface area contributed by atoms with E-state index < -0.39 is 5.82 Å². The lowest BCUT2D eigenvalue weighted by molar-refractivity contribution is -0.114. The Morgan fingerprint density at radius 2 is 2.26 bits per heavy atom. The largest absolute Gasteiger partial charge is 0.370 e. The third kappa shape index (κ3) is 6.21. The summed E-state index contributed by atoms with van der Waals surface area (Å²) in [6.45, 7) is 5.91. The van der Waals surface area contributed by atoms with Gasteiger partial charge >= 0.3 is 0 Å². The minimum absolute atomic E-state index is 0.133. The molecule has 0 aliphatic carbocycles. The highest BCUT2D eigenvalue weighted by Gasteiger charge is 2.02. The molecule has 1 aromatic carbocycles. The van der Waals surface area contributed by atoms with E-state index in [1.165, 1.54) is 18.2 Å². The van der Waals surface area contributed by atoms with Gasteiger partial charge in [0.15, 0.2) is 5.96 Å². The van der Waals surface area contributed by atoms with Crippen molar-refractivity contribution in [2.75, 3.05) is 18.4 Å². The number of guanidine groups is 1. The highest BCUT2D eigenvalue weighted by atomic mass is 19.1. The second-order valence-electron chi connectivity index (χ2n) is 4.07. The van der Waals surface area contributed by atoms with Gasteiger partial charge in [-0.25, -0.2) is 9.38 Å². The van der Waals surface area contributed by atoms with Gasteiger partial charge in [0, 0.05) is 12.2 Å². The van der Waals surface area contributed by atoms with Crippen LogP contribution in [0.2, 0.25) is 0 Å². The first-order valence-corrected chi connectivity index (χ1v) is 5.71. The molecule has 6 heteroatoms. The van der Waals surface area contributed by atoms with Gasteiger partial charge in [-0.1, -0.05) is 18.2 Å². The van der Waals surface area contributed by atoms with E-state index in [9.17, 15) is 9.18 Å². The number of anilines is 1. The molecular formula is C13H17FN4O. The summed E-state index contributed by atoms with van der Waals surface area (Å²) in [7, 11) is 0. The molecule has 19 heavy (non-hydrogen) atoms. The van der Waals surface area contributed by atoms with Crippen LogP contribution in [-0.4, -0.2) is 25.0 Å². The molecule has 0 saturated heterocycles. The number of carbonyl (C=O) groups is 1. The molecule has 1 amide bonds. The molecule has 0 saturated carbocycles. The van der Waals surface area contributed by atoms with Crippen LogP contribution >= 0.6 is 0 Å². The van der Waals surface area contributed by atoms with Crippen LogP contribution in [-0.2, 0) is 4.79 Å². The van der Waals surface area contributed by atoms with Crippen molar-refractivity contribution in [1.82, 2.24) is 5.32 Å². The molecule has 0 spiro atoms. The van der Waals surface area contributed by atoms with Crippen LogP contribution in [0.5, 0.6) is 0 Å². The van der Waals surface area contributed by atoms with Gasteiger partial charge in [-0.3, -0.25) is 4.79 Å². The van der Waals surface area contributed by atoms with E-state index >= 15 is 0 Å². The first-order chi connectivity index (χ1) is 8.97. The van der Waals surface area contributed by atoms with E-state index in [1.807, 2.05) is 6.92 Å². The third-order valence-electron chi connectivity index (χ3n) is 2.07. The van der Waals surface area contributed by atoms with Gasteiger partial charge in [0.1, 0.15) is 12.4 Å². The van der Waals surface area contributed by atoms with Gasteiger partial charge in [0.05, 0.1) is 0 Å². The average molecular weight is 264 g/mol. The van der Waals surface area contributed by atoms with E-state index in [1.54, 1.807) is 6.07 Å². The zero-order valence-electron chi connectivity index (χ0n) is 10.7. The van der Waals surface area contributed by atoms with Crippen LogP contribution in [0.3, 0.4) is 0 Å². The first-order valence-electron chi connectivity index (χ1n) is 5.71. The first kappa shape index (κ1) is 14.7. The normalized spacial score (nSPS) is 10.9. The van der Waals surface area contributed by atoms with E-state index in [-0.39, 0.29) is 18.4 Å². The van der Waals surface area contributed by atoms with Gasteiger partial charge in [0.2, 0.25) is 5.91 Å². The minimum Gasteiger partial charge on any atom is -0.370 e. The maximum Gasteiger partial charge on any atom is 0.246 e. The molecule has 5 nitrogen and oxygen atoms in total. The van der Waals surface area contributed by atoms with Crippen molar-refractivity contribution in [3.8, 4) is 0 Å². The number of halogens is 1. The van der Waals surface area contributed by atoms with Gasteiger partial charge in [-0.2, -0.15) is 0 Å². The molecular weight excluding hydrogens is 247 g/mol. The summed E-state index contributed by atoms with van der Waals surface area (Å²) in [6, 6.07) is 5.63. The number of rotatable bonds is 5. The zero-order chi connectivity index (χ0) is 14.3. The molecule has 0 aliphatic heterocycles. The Labute approximate surface area is 111 Å². The van der Waals surface area contributed by atoms with Crippen LogP contribution < -0.4 is 16.4 Å². The minimum atomic E-state index is -0.413. The number of nitrogens with two attached hydrogens (primary N) is 1. The van der Waals surface area contributed by atoms with Gasteiger partial charge < -0.3 is 16.4 Å². The molecule has 4 N–H and O–H groups in total. The van der Waals surface area contributed by atoms with Crippen molar-refractivity contribution in [3.05, 3.63) is 42.2 Å². The van der Waals surface area contributed by atoms with Crippen molar-refractivity contribution in [2.45, 2.75) is 6.92 Å². The van der Waals surface area contributed by atoms with Crippen LogP contribution in [0.25, 0.3) is 0 Å². The number of nitrogens with one attached hydrogen (secondary N) is 2. The second-order valence-corrected chi connectivity index (χ2v) is 4.07. The molecule has 0 unspecified atom stereocenters. The Morgan fingerprint density at radius 3 is 2.89 bits per heavy atom. The van der Waals surface area contributed by atoms with E-state index in [0.717, 1.165) is 5.57 Å². The summed E-state index contributed by atoms with van der Waals surface area (Å²) in [4.78, 5) is 15.4. The number of carbonyl (C=O) groups excluding carboxylic acids is 1. The summed E-state index contributed by atoms with van der Waals surface area (Å²) in [6.07, 6.45) is 0. The van der Waals surface area contributed by atoms with Crippen LogP contribution in [0, 0.1) is 5.82 Å². The van der Waals surface area contributed by atoms with Crippen molar-refractivity contribution < 1.29 is 9.18 Å². The van der Waals surface area contributed by atoms with E-state index in [2.05, 4.69) is 22.2 Å². The molecule has 1 rings (SSSR count). The van der Waals surface area contributed by atoms with E-state index in [0.29, 0.717) is 12.2 Å². The summed E-state index contributed by atoms with van der Waals surface area (Å²) in [5.41, 5.74) is 6.83. The summed E-state index contributed by atoms with van der Waals surface area (Å²) < 4.78 is 12.9. The molecule has 0 aliphatic rings. The highest BCUT2D eigenvalue weighted by Crippen LogP contribution is 2.08. The SMILES string of the molecule is C=C(C)CNC(N)=NCC(=O)Nc1cccc(F)c1. The number of aliphatic imine (C=N–C) groups is 1. The maximum atomic E-state index is 12.9. The number of benzene rings is 1. The third-order valence-corrected chi connectivity index (χ3v) is 2.07. The van der Waals surface area contributed by atoms with Gasteiger partial charge in [0.25, 0.3) is 0 Å². The van der Waals surface area contributed by atoms with E-state index in [4.69, 9.17) is 5.73 Å². The molecule has 0 fully saturated rings. The standard InChI is InChI=1S/C13H17FN4O/c1-9(2)7-16-13(15)17-8-12(19)18-11-5-3-4-10(14)6-11/h3-6H,1,7-8H2,2H3,(H,18,19)(H3,15,16,17). The van der Waals surface area contributed by atoms with Crippen LogP contribution in [0.4, 0.5) is 10.1 Å². The molecule has 0 aromatic heterocycles. The number of hydrogen-bond acceptors (Lipinski definition) is 2. The topological polar surface area (TPSA) is 79.5 Å². The van der Waals surface area contributed by atoms with Crippen molar-refractivity contribution in [1.29, 1.82) is 0 Å². The number of nitrogens with zero attached hydrogens (tertiary/aromatic N) is 1. The lowest BCUT2D eigenvalue weighted by atomic mass is 10.3. The lowest BCUT2D eigenvalue weighted by Crippen LogP contribution is -2.33. The fourth-order valence-electron chi connectivity index (χ4n) is 1.22. The maximum absolute atomic E-state index is 12.9. The Kier molecular flexibility index (Phi) is 5.53. The second kappa shape index (κ2) is 7.15. The summed E-state index contributed by atoms with van der Waals surface area (Å²) in [5, 5.41) is 5.31. The Bertz CT molecular complexity index is 499. The fraction of sp³-hybridized carbons (Fsp3) is 0.231. The Morgan fingerprint density at radius 1 is 1.53 bits per heavy atom. The quantitative estimate of drug-likeness (QED) is 0.425. The van der Waals surface area contributed by atoms with Gasteiger partial charge in [-0.05, 0) is 25.1 Å². The van der Waals surface area contributed by atoms with Crippen molar-refractivity contribution in [2.24, 2.45) is 10.7 Å². The Balaban J connectivity index is 2.43. The van der Waals surface area contributed by atoms with Crippen molar-refractivity contribution >= 4 is 17.6 Å². The fourth-order valence-corrected chi connectivity index (χ4v) is 1.22. The highest BCUT2D eigenvalue weighted by molar-refractivity contribution is 5.93. The summed E-state index contributed by atoms with van der Waals surface area (Å²) >= 11 is 0. The molecule has 0 bridgehead atoms. The summed E-state index contributed by atoms with van der Waals surface area (Å²) in [5.74, 6) is -0.619. The molecule has 0 heterocycles. The zero-order valence-corrected chi connectivity index (χ0v) is 10.7. The van der Waals surface area contributed by atoms with Crippen LogP contribution in [0.1, 0.15) is 6.92 Å². The lowest BCUT2D eigenvalue weighted by Gasteiger charge is -2.06. The number of hydrogen-bond donors (Lipinski definition) is 3. The predicted octanol–water partition coefficient (Wildman–Crippen LogP) is 1.24.